The standard InChI is InChI=1S/C21H25NO/c1-2-17-10-9-15-22(16-17)21(23)20(18-11-5-3-6-12-18)19-13-7-4-8-14-19/h3-8,11-14,17,20H,2,9-10,15-16H2,1H3. The highest BCUT2D eigenvalue weighted by Crippen LogP contribution is 2.29. The Hall–Kier alpha value is -2.09. The molecule has 1 heterocycles. The molecular formula is C21H25NO. The molecule has 1 unspecified atom stereocenters. The molecule has 0 N–H and O–H groups in total. The van der Waals surface area contributed by atoms with Gasteiger partial charge in [0.15, 0.2) is 0 Å². The first-order valence-electron chi connectivity index (χ1n) is 8.68. The number of nitrogens with zero attached hydrogens (tertiary/aromatic N) is 1. The quantitative estimate of drug-likeness (QED) is 0.816. The van der Waals surface area contributed by atoms with Crippen molar-refractivity contribution in [1.82, 2.24) is 4.90 Å². The van der Waals surface area contributed by atoms with Crippen LogP contribution in [0, 0.1) is 5.92 Å². The molecule has 1 amide bonds. The molecule has 1 saturated heterocycles. The maximum absolute atomic E-state index is 13.3. The van der Waals surface area contributed by atoms with Crippen LogP contribution in [0.4, 0.5) is 0 Å². The van der Waals surface area contributed by atoms with Crippen molar-refractivity contribution in [1.29, 1.82) is 0 Å². The summed E-state index contributed by atoms with van der Waals surface area (Å²) in [5.41, 5.74) is 2.17. The fraction of sp³-hybridized carbons (Fsp3) is 0.381. The second-order valence-corrected chi connectivity index (χ2v) is 6.46. The summed E-state index contributed by atoms with van der Waals surface area (Å²) in [5.74, 6) is 0.716. The molecule has 120 valence electrons. The summed E-state index contributed by atoms with van der Waals surface area (Å²) < 4.78 is 0. The number of rotatable bonds is 4. The van der Waals surface area contributed by atoms with E-state index in [9.17, 15) is 4.79 Å². The van der Waals surface area contributed by atoms with E-state index in [1.807, 2.05) is 36.4 Å². The Morgan fingerprint density at radius 1 is 1.04 bits per heavy atom. The number of carbonyl (C=O) groups is 1. The number of benzene rings is 2. The summed E-state index contributed by atoms with van der Waals surface area (Å²) in [4.78, 5) is 15.4. The third-order valence-electron chi connectivity index (χ3n) is 4.92. The first-order chi connectivity index (χ1) is 11.3. The van der Waals surface area contributed by atoms with Gasteiger partial charge in [0, 0.05) is 13.1 Å². The summed E-state index contributed by atoms with van der Waals surface area (Å²) in [5, 5.41) is 0. The Morgan fingerprint density at radius 2 is 1.61 bits per heavy atom. The molecule has 0 saturated carbocycles. The largest absolute Gasteiger partial charge is 0.342 e. The van der Waals surface area contributed by atoms with Crippen molar-refractivity contribution < 1.29 is 4.79 Å². The summed E-state index contributed by atoms with van der Waals surface area (Å²) in [6.45, 7) is 4.03. The van der Waals surface area contributed by atoms with Crippen LogP contribution in [0.3, 0.4) is 0 Å². The van der Waals surface area contributed by atoms with Crippen molar-refractivity contribution in [2.75, 3.05) is 13.1 Å². The Balaban J connectivity index is 1.91. The van der Waals surface area contributed by atoms with Crippen molar-refractivity contribution in [3.05, 3.63) is 71.8 Å². The predicted octanol–water partition coefficient (Wildman–Crippen LogP) is 4.47. The van der Waals surface area contributed by atoms with E-state index in [-0.39, 0.29) is 11.8 Å². The van der Waals surface area contributed by atoms with Crippen molar-refractivity contribution >= 4 is 5.91 Å². The van der Waals surface area contributed by atoms with Gasteiger partial charge in [0.1, 0.15) is 0 Å². The zero-order valence-electron chi connectivity index (χ0n) is 13.8. The highest BCUT2D eigenvalue weighted by molar-refractivity contribution is 5.87. The van der Waals surface area contributed by atoms with E-state index < -0.39 is 0 Å². The van der Waals surface area contributed by atoms with Crippen LogP contribution in [-0.2, 0) is 4.79 Å². The van der Waals surface area contributed by atoms with E-state index in [1.54, 1.807) is 0 Å². The van der Waals surface area contributed by atoms with Crippen molar-refractivity contribution in [3.8, 4) is 0 Å². The molecule has 1 aliphatic heterocycles. The molecule has 2 heteroatoms. The first kappa shape index (κ1) is 15.8. The van der Waals surface area contributed by atoms with Gasteiger partial charge in [-0.2, -0.15) is 0 Å². The van der Waals surface area contributed by atoms with Crippen LogP contribution >= 0.6 is 0 Å². The minimum Gasteiger partial charge on any atom is -0.342 e. The third-order valence-corrected chi connectivity index (χ3v) is 4.92. The molecule has 0 spiro atoms. The van der Waals surface area contributed by atoms with Crippen LogP contribution in [0.5, 0.6) is 0 Å². The maximum atomic E-state index is 13.3. The van der Waals surface area contributed by atoms with Gasteiger partial charge in [0.2, 0.25) is 5.91 Å². The lowest BCUT2D eigenvalue weighted by molar-refractivity contribution is -0.133. The lowest BCUT2D eigenvalue weighted by Crippen LogP contribution is -2.42. The summed E-state index contributed by atoms with van der Waals surface area (Å²) in [6, 6.07) is 20.3. The molecule has 0 bridgehead atoms. The number of hydrogen-bond acceptors (Lipinski definition) is 1. The van der Waals surface area contributed by atoms with E-state index in [0.29, 0.717) is 5.92 Å². The van der Waals surface area contributed by atoms with E-state index in [0.717, 1.165) is 37.1 Å². The van der Waals surface area contributed by atoms with Crippen LogP contribution in [-0.4, -0.2) is 23.9 Å². The highest BCUT2D eigenvalue weighted by Gasteiger charge is 2.30. The monoisotopic (exact) mass is 307 g/mol. The van der Waals surface area contributed by atoms with Gasteiger partial charge in [0.05, 0.1) is 5.92 Å². The zero-order valence-corrected chi connectivity index (χ0v) is 13.8. The van der Waals surface area contributed by atoms with Gasteiger partial charge in [-0.1, -0.05) is 74.0 Å². The topological polar surface area (TPSA) is 20.3 Å². The van der Waals surface area contributed by atoms with Crippen LogP contribution in [0.1, 0.15) is 43.2 Å². The van der Waals surface area contributed by atoms with Crippen molar-refractivity contribution in [2.24, 2.45) is 5.92 Å². The molecule has 0 aromatic heterocycles. The van der Waals surface area contributed by atoms with Gasteiger partial charge < -0.3 is 4.90 Å². The third kappa shape index (κ3) is 3.64. The molecule has 2 aromatic carbocycles. The normalized spacial score (nSPS) is 18.2. The molecule has 1 aliphatic rings. The van der Waals surface area contributed by atoms with Gasteiger partial charge in [-0.3, -0.25) is 4.79 Å². The van der Waals surface area contributed by atoms with E-state index >= 15 is 0 Å². The number of hydrogen-bond donors (Lipinski definition) is 0. The minimum atomic E-state index is -0.187. The zero-order chi connectivity index (χ0) is 16.1. The highest BCUT2D eigenvalue weighted by atomic mass is 16.2. The molecule has 3 rings (SSSR count). The molecular weight excluding hydrogens is 282 g/mol. The Morgan fingerprint density at radius 3 is 2.13 bits per heavy atom. The second kappa shape index (κ2) is 7.45. The number of amides is 1. The number of likely N-dealkylation sites (tertiary alicyclic amines) is 1. The fourth-order valence-electron chi connectivity index (χ4n) is 3.55. The molecule has 0 aliphatic carbocycles. The lowest BCUT2D eigenvalue weighted by Gasteiger charge is -2.35. The smallest absolute Gasteiger partial charge is 0.234 e. The molecule has 1 fully saturated rings. The molecule has 23 heavy (non-hydrogen) atoms. The number of carbonyl (C=O) groups excluding carboxylic acids is 1. The van der Waals surface area contributed by atoms with Gasteiger partial charge in [-0.05, 0) is 29.9 Å². The van der Waals surface area contributed by atoms with Crippen LogP contribution in [0.25, 0.3) is 0 Å². The minimum absolute atomic E-state index is 0.187. The van der Waals surface area contributed by atoms with Crippen LogP contribution < -0.4 is 0 Å². The van der Waals surface area contributed by atoms with Crippen LogP contribution in [0.15, 0.2) is 60.7 Å². The van der Waals surface area contributed by atoms with Crippen molar-refractivity contribution in [3.63, 3.8) is 0 Å². The Bertz CT molecular complexity index is 583. The van der Waals surface area contributed by atoms with Gasteiger partial charge in [0.25, 0.3) is 0 Å². The molecule has 2 nitrogen and oxygen atoms in total. The molecule has 0 radical (unpaired) electrons. The Kier molecular flexibility index (Phi) is 5.12. The Labute approximate surface area is 139 Å². The van der Waals surface area contributed by atoms with Crippen LogP contribution in [0.2, 0.25) is 0 Å². The van der Waals surface area contributed by atoms with Gasteiger partial charge >= 0.3 is 0 Å². The summed E-state index contributed by atoms with van der Waals surface area (Å²) >= 11 is 0. The maximum Gasteiger partial charge on any atom is 0.234 e. The van der Waals surface area contributed by atoms with Gasteiger partial charge in [-0.15, -0.1) is 0 Å². The average molecular weight is 307 g/mol. The molecule has 1 atom stereocenters. The first-order valence-corrected chi connectivity index (χ1v) is 8.68. The van der Waals surface area contributed by atoms with E-state index in [4.69, 9.17) is 0 Å². The summed E-state index contributed by atoms with van der Waals surface area (Å²) in [6.07, 6.45) is 3.54. The molecule has 2 aromatic rings. The second-order valence-electron chi connectivity index (χ2n) is 6.46. The average Bonchev–Trinajstić information content (AvgIpc) is 2.64. The van der Waals surface area contributed by atoms with E-state index in [1.165, 1.54) is 6.42 Å². The number of piperidine rings is 1. The van der Waals surface area contributed by atoms with E-state index in [2.05, 4.69) is 36.1 Å². The predicted molar refractivity (Wildman–Crippen MR) is 94.3 cm³/mol. The van der Waals surface area contributed by atoms with Gasteiger partial charge in [-0.25, -0.2) is 0 Å². The lowest BCUT2D eigenvalue weighted by atomic mass is 9.88. The SMILES string of the molecule is CCC1CCCN(C(=O)C(c2ccccc2)c2ccccc2)C1. The fourth-order valence-corrected chi connectivity index (χ4v) is 3.55. The van der Waals surface area contributed by atoms with Crippen molar-refractivity contribution in [2.45, 2.75) is 32.1 Å². The summed E-state index contributed by atoms with van der Waals surface area (Å²) in [7, 11) is 0.